The Bertz CT molecular complexity index is 603. The van der Waals surface area contributed by atoms with Crippen LogP contribution >= 0.6 is 0 Å². The van der Waals surface area contributed by atoms with Gasteiger partial charge in [-0.05, 0) is 17.2 Å². The Hall–Kier alpha value is -1.78. The molecule has 1 aliphatic heterocycles. The Balaban J connectivity index is 1.70. The maximum absolute atomic E-state index is 13.7. The lowest BCUT2D eigenvalue weighted by molar-refractivity contribution is 0.264. The standard InChI is InChI=1S/C16H16F2N2/c17-13-5-6-14(15(18)7-13)16(19)10-20-8-11-3-1-2-4-12(11)9-20/h1-7,16H,8-10,19H2. The molecule has 4 heteroatoms. The average molecular weight is 274 g/mol. The molecule has 0 aromatic heterocycles. The Labute approximate surface area is 116 Å². The molecule has 1 aliphatic rings. The highest BCUT2D eigenvalue weighted by Gasteiger charge is 2.22. The lowest BCUT2D eigenvalue weighted by atomic mass is 10.1. The van der Waals surface area contributed by atoms with Gasteiger partial charge in [-0.3, -0.25) is 4.90 Å². The third-order valence-corrected chi connectivity index (χ3v) is 3.72. The summed E-state index contributed by atoms with van der Waals surface area (Å²) in [6, 6.07) is 11.3. The van der Waals surface area contributed by atoms with E-state index in [-0.39, 0.29) is 0 Å². The Kier molecular flexibility index (Phi) is 3.51. The van der Waals surface area contributed by atoms with Crippen molar-refractivity contribution in [1.29, 1.82) is 0 Å². The third kappa shape index (κ3) is 2.57. The first-order valence-electron chi connectivity index (χ1n) is 6.63. The normalized spacial score (nSPS) is 16.1. The van der Waals surface area contributed by atoms with Gasteiger partial charge in [-0.1, -0.05) is 30.3 Å². The molecule has 2 nitrogen and oxygen atoms in total. The van der Waals surface area contributed by atoms with Crippen LogP contribution in [0.15, 0.2) is 42.5 Å². The SMILES string of the molecule is NC(CN1Cc2ccccc2C1)c1ccc(F)cc1F. The summed E-state index contributed by atoms with van der Waals surface area (Å²) in [5, 5.41) is 0. The van der Waals surface area contributed by atoms with Crippen LogP contribution in [-0.2, 0) is 13.1 Å². The molecule has 1 heterocycles. The zero-order valence-corrected chi connectivity index (χ0v) is 11.0. The van der Waals surface area contributed by atoms with Crippen molar-refractivity contribution < 1.29 is 8.78 Å². The summed E-state index contributed by atoms with van der Waals surface area (Å²) in [5.41, 5.74) is 9.00. The monoisotopic (exact) mass is 274 g/mol. The van der Waals surface area contributed by atoms with Crippen molar-refractivity contribution in [1.82, 2.24) is 4.90 Å². The Morgan fingerprint density at radius 2 is 1.70 bits per heavy atom. The lowest BCUT2D eigenvalue weighted by Gasteiger charge is -2.21. The van der Waals surface area contributed by atoms with Gasteiger partial charge in [0.05, 0.1) is 0 Å². The summed E-state index contributed by atoms with van der Waals surface area (Å²) >= 11 is 0. The van der Waals surface area contributed by atoms with Crippen LogP contribution in [0.2, 0.25) is 0 Å². The second kappa shape index (κ2) is 5.31. The highest BCUT2D eigenvalue weighted by Crippen LogP contribution is 2.25. The Morgan fingerprint density at radius 3 is 2.30 bits per heavy atom. The molecule has 2 aromatic rings. The number of rotatable bonds is 3. The van der Waals surface area contributed by atoms with E-state index in [2.05, 4.69) is 17.0 Å². The van der Waals surface area contributed by atoms with Gasteiger partial charge in [0.15, 0.2) is 0 Å². The summed E-state index contributed by atoms with van der Waals surface area (Å²) in [4.78, 5) is 2.18. The van der Waals surface area contributed by atoms with Crippen molar-refractivity contribution in [3.8, 4) is 0 Å². The van der Waals surface area contributed by atoms with Crippen LogP contribution in [0.3, 0.4) is 0 Å². The predicted octanol–water partition coefficient (Wildman–Crippen LogP) is 2.98. The van der Waals surface area contributed by atoms with Gasteiger partial charge >= 0.3 is 0 Å². The van der Waals surface area contributed by atoms with Crippen LogP contribution in [0.1, 0.15) is 22.7 Å². The number of benzene rings is 2. The molecule has 0 amide bonds. The Morgan fingerprint density at radius 1 is 1.05 bits per heavy atom. The first kappa shape index (κ1) is 13.2. The van der Waals surface area contributed by atoms with E-state index < -0.39 is 17.7 Å². The minimum Gasteiger partial charge on any atom is -0.323 e. The van der Waals surface area contributed by atoms with Crippen LogP contribution < -0.4 is 5.73 Å². The molecule has 1 unspecified atom stereocenters. The molecule has 20 heavy (non-hydrogen) atoms. The fourth-order valence-electron chi connectivity index (χ4n) is 2.71. The smallest absolute Gasteiger partial charge is 0.130 e. The number of fused-ring (bicyclic) bond motifs is 1. The zero-order valence-electron chi connectivity index (χ0n) is 11.0. The highest BCUT2D eigenvalue weighted by molar-refractivity contribution is 5.30. The van der Waals surface area contributed by atoms with E-state index in [1.807, 2.05) is 12.1 Å². The quantitative estimate of drug-likeness (QED) is 0.932. The van der Waals surface area contributed by atoms with Gasteiger partial charge in [-0.2, -0.15) is 0 Å². The van der Waals surface area contributed by atoms with E-state index in [9.17, 15) is 8.78 Å². The van der Waals surface area contributed by atoms with E-state index in [1.54, 1.807) is 0 Å². The second-order valence-corrected chi connectivity index (χ2v) is 5.21. The minimum absolute atomic E-state index is 0.363. The predicted molar refractivity (Wildman–Crippen MR) is 73.8 cm³/mol. The number of hydrogen-bond donors (Lipinski definition) is 1. The molecule has 0 saturated carbocycles. The number of hydrogen-bond acceptors (Lipinski definition) is 2. The van der Waals surface area contributed by atoms with Crippen LogP contribution in [0, 0.1) is 11.6 Å². The lowest BCUT2D eigenvalue weighted by Crippen LogP contribution is -2.28. The maximum Gasteiger partial charge on any atom is 0.130 e. The van der Waals surface area contributed by atoms with E-state index in [0.29, 0.717) is 12.1 Å². The highest BCUT2D eigenvalue weighted by atomic mass is 19.1. The molecular weight excluding hydrogens is 258 g/mol. The summed E-state index contributed by atoms with van der Waals surface area (Å²) in [6.07, 6.45) is 0. The van der Waals surface area contributed by atoms with Crippen molar-refractivity contribution >= 4 is 0 Å². The summed E-state index contributed by atoms with van der Waals surface area (Å²) < 4.78 is 26.6. The molecule has 0 saturated heterocycles. The molecule has 1 atom stereocenters. The van der Waals surface area contributed by atoms with E-state index in [1.165, 1.54) is 23.3 Å². The summed E-state index contributed by atoms with van der Waals surface area (Å²) in [5.74, 6) is -1.15. The van der Waals surface area contributed by atoms with Gasteiger partial charge in [0.1, 0.15) is 11.6 Å². The minimum atomic E-state index is -0.577. The maximum atomic E-state index is 13.7. The molecule has 0 radical (unpaired) electrons. The molecule has 3 rings (SSSR count). The first-order valence-corrected chi connectivity index (χ1v) is 6.63. The van der Waals surface area contributed by atoms with Crippen LogP contribution in [-0.4, -0.2) is 11.4 Å². The van der Waals surface area contributed by atoms with Crippen LogP contribution in [0.5, 0.6) is 0 Å². The van der Waals surface area contributed by atoms with Gasteiger partial charge in [0.25, 0.3) is 0 Å². The topological polar surface area (TPSA) is 29.3 Å². The van der Waals surface area contributed by atoms with Crippen molar-refractivity contribution in [3.05, 3.63) is 70.8 Å². The molecule has 0 spiro atoms. The van der Waals surface area contributed by atoms with Crippen molar-refractivity contribution in [2.45, 2.75) is 19.1 Å². The zero-order chi connectivity index (χ0) is 14.1. The number of nitrogens with two attached hydrogens (primary N) is 1. The van der Waals surface area contributed by atoms with Gasteiger partial charge in [-0.25, -0.2) is 8.78 Å². The largest absolute Gasteiger partial charge is 0.323 e. The molecule has 0 fully saturated rings. The number of halogens is 2. The van der Waals surface area contributed by atoms with E-state index in [4.69, 9.17) is 5.73 Å². The van der Waals surface area contributed by atoms with Gasteiger partial charge in [-0.15, -0.1) is 0 Å². The van der Waals surface area contributed by atoms with Gasteiger partial charge < -0.3 is 5.73 Å². The summed E-state index contributed by atoms with van der Waals surface area (Å²) in [7, 11) is 0. The van der Waals surface area contributed by atoms with Crippen molar-refractivity contribution in [2.24, 2.45) is 5.73 Å². The van der Waals surface area contributed by atoms with Gasteiger partial charge in [0.2, 0.25) is 0 Å². The summed E-state index contributed by atoms with van der Waals surface area (Å²) in [6.45, 7) is 2.20. The van der Waals surface area contributed by atoms with Crippen LogP contribution in [0.4, 0.5) is 8.78 Å². The first-order chi connectivity index (χ1) is 9.63. The van der Waals surface area contributed by atoms with Gasteiger partial charge in [0, 0.05) is 37.3 Å². The van der Waals surface area contributed by atoms with E-state index >= 15 is 0 Å². The molecular formula is C16H16F2N2. The molecule has 0 aliphatic carbocycles. The second-order valence-electron chi connectivity index (χ2n) is 5.21. The molecule has 0 bridgehead atoms. The van der Waals surface area contributed by atoms with Crippen molar-refractivity contribution in [2.75, 3.05) is 6.54 Å². The fraction of sp³-hybridized carbons (Fsp3) is 0.250. The third-order valence-electron chi connectivity index (χ3n) is 3.72. The average Bonchev–Trinajstić information content (AvgIpc) is 2.80. The van der Waals surface area contributed by atoms with Crippen molar-refractivity contribution in [3.63, 3.8) is 0 Å². The molecule has 104 valence electrons. The van der Waals surface area contributed by atoms with E-state index in [0.717, 1.165) is 19.2 Å². The molecule has 2 aromatic carbocycles. The fourth-order valence-corrected chi connectivity index (χ4v) is 2.71. The molecule has 2 N–H and O–H groups in total. The number of nitrogens with zero attached hydrogens (tertiary/aromatic N) is 1. The van der Waals surface area contributed by atoms with Crippen LogP contribution in [0.25, 0.3) is 0 Å².